The molecule has 1 saturated heterocycles. The van der Waals surface area contributed by atoms with E-state index >= 15 is 0 Å². The highest BCUT2D eigenvalue weighted by Crippen LogP contribution is 2.43. The van der Waals surface area contributed by atoms with Crippen molar-refractivity contribution >= 4 is 21.6 Å². The lowest BCUT2D eigenvalue weighted by Gasteiger charge is -2.56. The van der Waals surface area contributed by atoms with Crippen LogP contribution in [0.2, 0.25) is 5.02 Å². The number of ether oxygens (including phenoxy) is 1. The van der Waals surface area contributed by atoms with Crippen LogP contribution in [0.25, 0.3) is 11.1 Å². The highest BCUT2D eigenvalue weighted by atomic mass is 35.5. The van der Waals surface area contributed by atoms with Crippen LogP contribution in [0.5, 0.6) is 0 Å². The van der Waals surface area contributed by atoms with Gasteiger partial charge in [0.05, 0.1) is 17.1 Å². The van der Waals surface area contributed by atoms with Gasteiger partial charge in [-0.1, -0.05) is 72.3 Å². The molecule has 2 aliphatic rings. The lowest BCUT2D eigenvalue weighted by atomic mass is 9.74. The first-order valence-electron chi connectivity index (χ1n) is 13.0. The van der Waals surface area contributed by atoms with E-state index in [1.807, 2.05) is 55.5 Å². The lowest BCUT2D eigenvalue weighted by Crippen LogP contribution is -2.67. The molecule has 2 unspecified atom stereocenters. The third-order valence-electron chi connectivity index (χ3n) is 7.89. The highest BCUT2D eigenvalue weighted by molar-refractivity contribution is 7.89. The van der Waals surface area contributed by atoms with Crippen LogP contribution in [-0.4, -0.2) is 63.1 Å². The molecule has 2 heterocycles. The van der Waals surface area contributed by atoms with Crippen molar-refractivity contribution in [3.63, 3.8) is 0 Å². The number of fused-ring (bicyclic) bond motifs is 1. The van der Waals surface area contributed by atoms with Gasteiger partial charge < -0.3 is 4.74 Å². The minimum atomic E-state index is -4.79. The van der Waals surface area contributed by atoms with Crippen molar-refractivity contribution in [2.75, 3.05) is 33.4 Å². The van der Waals surface area contributed by atoms with Crippen LogP contribution in [-0.2, 0) is 20.9 Å². The molecule has 0 N–H and O–H groups in total. The number of nitrogens with zero attached hydrogens (tertiary/aromatic N) is 2. The largest absolute Gasteiger partial charge is 0.417 e. The summed E-state index contributed by atoms with van der Waals surface area (Å²) < 4.78 is 75.2. The Labute approximate surface area is 237 Å². The molecule has 5 nitrogen and oxygen atoms in total. The number of sulfonamides is 1. The summed E-state index contributed by atoms with van der Waals surface area (Å²) in [5, 5.41) is 0.687. The van der Waals surface area contributed by atoms with Crippen LogP contribution in [0.15, 0.2) is 83.8 Å². The van der Waals surface area contributed by atoms with Crippen molar-refractivity contribution in [1.82, 2.24) is 9.21 Å². The van der Waals surface area contributed by atoms with E-state index < -0.39 is 26.7 Å². The quantitative estimate of drug-likeness (QED) is 0.313. The molecule has 5 rings (SSSR count). The molecule has 2 aliphatic heterocycles. The fourth-order valence-corrected chi connectivity index (χ4v) is 7.65. The second-order valence-corrected chi connectivity index (χ2v) is 12.4. The summed E-state index contributed by atoms with van der Waals surface area (Å²) in [7, 11) is -2.81. The van der Waals surface area contributed by atoms with Gasteiger partial charge in [-0.2, -0.15) is 17.5 Å². The summed E-state index contributed by atoms with van der Waals surface area (Å²) in [6.45, 7) is 3.06. The number of hydrogen-bond acceptors (Lipinski definition) is 4. The third-order valence-corrected chi connectivity index (χ3v) is 10.2. The van der Waals surface area contributed by atoms with Crippen molar-refractivity contribution in [3.8, 4) is 11.1 Å². The van der Waals surface area contributed by atoms with Gasteiger partial charge in [-0.05, 0) is 47.4 Å². The van der Waals surface area contributed by atoms with Gasteiger partial charge in [-0.3, -0.25) is 4.90 Å². The van der Waals surface area contributed by atoms with E-state index in [0.717, 1.165) is 38.7 Å². The summed E-state index contributed by atoms with van der Waals surface area (Å²) in [6.07, 6.45) is -1.22. The van der Waals surface area contributed by atoms with E-state index in [9.17, 15) is 21.6 Å². The molecule has 10 heteroatoms. The number of hydrogen-bond donors (Lipinski definition) is 0. The molecule has 1 fully saturated rings. The molecule has 0 aromatic heterocycles. The first-order valence-corrected chi connectivity index (χ1v) is 14.8. The minimum Gasteiger partial charge on any atom is -0.383 e. The fourth-order valence-electron chi connectivity index (χ4n) is 5.85. The second-order valence-electron chi connectivity index (χ2n) is 10.1. The molecule has 0 bridgehead atoms. The Bertz CT molecular complexity index is 1510. The third kappa shape index (κ3) is 5.33. The maximum absolute atomic E-state index is 13.7. The number of alkyl halides is 3. The molecule has 0 amide bonds. The normalized spacial score (nSPS) is 23.1. The Balaban J connectivity index is 1.48. The summed E-state index contributed by atoms with van der Waals surface area (Å²) in [5.74, 6) is -0.0727. The van der Waals surface area contributed by atoms with Crippen molar-refractivity contribution in [1.29, 1.82) is 0 Å². The van der Waals surface area contributed by atoms with Crippen LogP contribution in [0, 0.1) is 6.92 Å². The van der Waals surface area contributed by atoms with E-state index in [0.29, 0.717) is 18.2 Å². The summed E-state index contributed by atoms with van der Waals surface area (Å²) in [4.78, 5) is 1.44. The molecule has 40 heavy (non-hydrogen) atoms. The maximum atomic E-state index is 13.7. The Morgan fingerprint density at radius 3 is 2.38 bits per heavy atom. The van der Waals surface area contributed by atoms with Gasteiger partial charge in [0, 0.05) is 49.8 Å². The average molecular weight is 591 g/mol. The summed E-state index contributed by atoms with van der Waals surface area (Å²) >= 11 is 6.32. The molecular weight excluding hydrogens is 561 g/mol. The Kier molecular flexibility index (Phi) is 8.14. The predicted molar refractivity (Wildman–Crippen MR) is 150 cm³/mol. The maximum Gasteiger partial charge on any atom is 0.417 e. The first kappa shape index (κ1) is 28.8. The lowest BCUT2D eigenvalue weighted by molar-refractivity contribution is -0.139. The van der Waals surface area contributed by atoms with E-state index in [-0.39, 0.29) is 31.1 Å². The number of halogens is 4. The van der Waals surface area contributed by atoms with E-state index in [2.05, 4.69) is 4.90 Å². The van der Waals surface area contributed by atoms with Gasteiger partial charge in [0.2, 0.25) is 10.0 Å². The van der Waals surface area contributed by atoms with E-state index in [4.69, 9.17) is 16.3 Å². The van der Waals surface area contributed by atoms with Gasteiger partial charge in [-0.15, -0.1) is 0 Å². The predicted octanol–water partition coefficient (Wildman–Crippen LogP) is 6.38. The van der Waals surface area contributed by atoms with Gasteiger partial charge in [0.15, 0.2) is 0 Å². The van der Waals surface area contributed by atoms with Gasteiger partial charge in [0.1, 0.15) is 0 Å². The molecular formula is C30H30ClF3N2O3S. The SMILES string of the molecule is COC[C@@H]1C(c2ccc(-c3cccc(Cl)c3C)cc2)C2CN(S(=O)(=O)c3ccccc3C(F)(F)F)C/C=C\CN21. The minimum absolute atomic E-state index is 0.00644. The first-order chi connectivity index (χ1) is 19.0. The molecule has 3 aromatic carbocycles. The van der Waals surface area contributed by atoms with Crippen LogP contribution in [0.1, 0.15) is 22.6 Å². The van der Waals surface area contributed by atoms with Crippen LogP contribution < -0.4 is 0 Å². The van der Waals surface area contributed by atoms with Gasteiger partial charge in [-0.25, -0.2) is 8.42 Å². The standard InChI is InChI=1S/C30H30ClF3N2O3S/c1-20-23(8-7-10-25(20)31)21-12-14-22(15-13-21)29-26-18-35(16-5-6-17-36(26)27(29)19-39-2)40(37,38)28-11-4-3-9-24(28)30(32,33)34/h3-15,26-27,29H,16-19H2,1-2H3/b6-5-/t26?,27-,29?/m1/s1. The van der Waals surface area contributed by atoms with Crippen LogP contribution in [0.3, 0.4) is 0 Å². The zero-order valence-electron chi connectivity index (χ0n) is 22.1. The van der Waals surface area contributed by atoms with Gasteiger partial charge in [0.25, 0.3) is 0 Å². The summed E-state index contributed by atoms with van der Waals surface area (Å²) in [5.41, 5.74) is 2.88. The van der Waals surface area contributed by atoms with Crippen molar-refractivity contribution < 1.29 is 26.3 Å². The van der Waals surface area contributed by atoms with Crippen LogP contribution >= 0.6 is 11.6 Å². The average Bonchev–Trinajstić information content (AvgIpc) is 2.91. The fraction of sp³-hybridized carbons (Fsp3) is 0.333. The smallest absolute Gasteiger partial charge is 0.383 e. The summed E-state index contributed by atoms with van der Waals surface area (Å²) in [6, 6.07) is 18.0. The van der Waals surface area contributed by atoms with Crippen molar-refractivity contribution in [2.24, 2.45) is 0 Å². The monoisotopic (exact) mass is 590 g/mol. The van der Waals surface area contributed by atoms with Crippen molar-refractivity contribution in [3.05, 3.63) is 101 Å². The highest BCUT2D eigenvalue weighted by Gasteiger charge is 2.50. The Hall–Kier alpha value is -2.69. The molecule has 0 spiro atoms. The van der Waals surface area contributed by atoms with E-state index in [1.165, 1.54) is 12.1 Å². The van der Waals surface area contributed by atoms with E-state index in [1.54, 1.807) is 13.2 Å². The molecule has 212 valence electrons. The molecule has 0 aliphatic carbocycles. The van der Waals surface area contributed by atoms with Crippen molar-refractivity contribution in [2.45, 2.75) is 36.0 Å². The number of benzene rings is 3. The van der Waals surface area contributed by atoms with Gasteiger partial charge >= 0.3 is 6.18 Å². The second kappa shape index (κ2) is 11.3. The Morgan fingerprint density at radius 1 is 0.975 bits per heavy atom. The molecule has 0 saturated carbocycles. The molecule has 0 radical (unpaired) electrons. The molecule has 3 aromatic rings. The zero-order valence-corrected chi connectivity index (χ0v) is 23.7. The molecule has 3 atom stereocenters. The Morgan fingerprint density at radius 2 is 1.68 bits per heavy atom. The topological polar surface area (TPSA) is 49.9 Å². The number of rotatable bonds is 6. The van der Waals surface area contributed by atoms with Crippen LogP contribution in [0.4, 0.5) is 13.2 Å². The zero-order chi connectivity index (χ0) is 28.7. The number of methoxy groups -OCH3 is 1.